The summed E-state index contributed by atoms with van der Waals surface area (Å²) in [4.78, 5) is 0. The van der Waals surface area contributed by atoms with Crippen LogP contribution in [0, 0.1) is 47.3 Å². The van der Waals surface area contributed by atoms with Crippen LogP contribution >= 0.6 is 0 Å². The highest BCUT2D eigenvalue weighted by molar-refractivity contribution is 5.09. The second-order valence-electron chi connectivity index (χ2n) is 6.63. The quantitative estimate of drug-likeness (QED) is 0.547. The maximum atomic E-state index is 2.52. The molecule has 0 saturated heterocycles. The van der Waals surface area contributed by atoms with Crippen LogP contribution < -0.4 is 0 Å². The molecule has 3 fully saturated rings. The van der Waals surface area contributed by atoms with E-state index in [9.17, 15) is 0 Å². The van der Waals surface area contributed by atoms with E-state index in [1.807, 2.05) is 0 Å². The molecule has 0 aliphatic heterocycles. The molecule has 3 rings (SSSR count). The molecule has 0 bridgehead atoms. The Hall–Kier alpha value is 0. The van der Waals surface area contributed by atoms with Gasteiger partial charge in [0.1, 0.15) is 0 Å². The van der Waals surface area contributed by atoms with Crippen LogP contribution in [-0.2, 0) is 0 Å². The molecule has 0 nitrogen and oxygen atoms in total. The maximum Gasteiger partial charge on any atom is -0.0321 e. The summed E-state index contributed by atoms with van der Waals surface area (Å²) in [6.07, 6.45) is 3.10. The number of hydrogen-bond acceptors (Lipinski definition) is 0. The van der Waals surface area contributed by atoms with E-state index in [4.69, 9.17) is 0 Å². The zero-order valence-corrected chi connectivity index (χ0v) is 10.0. The van der Waals surface area contributed by atoms with Crippen molar-refractivity contribution in [1.29, 1.82) is 0 Å². The Morgan fingerprint density at radius 3 is 1.36 bits per heavy atom. The van der Waals surface area contributed by atoms with Crippen LogP contribution in [0.25, 0.3) is 0 Å². The SMILES string of the molecule is C[C@@H]1[C@@H]2[C@H]3C(C[C@@H](C)[C@H]3C)[C@@H]2C[C@@H]1C. The van der Waals surface area contributed by atoms with Crippen LogP contribution in [0.15, 0.2) is 0 Å². The van der Waals surface area contributed by atoms with Crippen molar-refractivity contribution in [3.8, 4) is 0 Å². The first-order valence-corrected chi connectivity index (χ1v) is 6.61. The summed E-state index contributed by atoms with van der Waals surface area (Å²) in [7, 11) is 0. The lowest BCUT2D eigenvalue weighted by Gasteiger charge is -2.49. The first-order valence-electron chi connectivity index (χ1n) is 6.61. The fourth-order valence-electron chi connectivity index (χ4n) is 5.19. The lowest BCUT2D eigenvalue weighted by atomic mass is 9.56. The van der Waals surface area contributed by atoms with Gasteiger partial charge in [-0.25, -0.2) is 0 Å². The second-order valence-corrected chi connectivity index (χ2v) is 6.63. The fraction of sp³-hybridized carbons (Fsp3) is 1.00. The van der Waals surface area contributed by atoms with E-state index < -0.39 is 0 Å². The molecule has 0 aromatic rings. The third-order valence-corrected chi connectivity index (χ3v) is 6.28. The van der Waals surface area contributed by atoms with Gasteiger partial charge in [0.25, 0.3) is 0 Å². The van der Waals surface area contributed by atoms with Crippen LogP contribution in [-0.4, -0.2) is 0 Å². The molecule has 3 aliphatic carbocycles. The fourth-order valence-corrected chi connectivity index (χ4v) is 5.19. The molecule has 80 valence electrons. The summed E-state index contributed by atoms with van der Waals surface area (Å²) in [6, 6.07) is 0. The molecule has 0 heterocycles. The van der Waals surface area contributed by atoms with Gasteiger partial charge < -0.3 is 0 Å². The zero-order valence-electron chi connectivity index (χ0n) is 10.0. The molecule has 0 aromatic heterocycles. The minimum atomic E-state index is 1.01. The Labute approximate surface area is 88.5 Å². The highest BCUT2D eigenvalue weighted by atomic mass is 14.7. The molecule has 1 unspecified atom stereocenters. The van der Waals surface area contributed by atoms with Crippen LogP contribution in [0.3, 0.4) is 0 Å². The molecule has 0 aromatic carbocycles. The first kappa shape index (κ1) is 9.24. The van der Waals surface area contributed by atoms with E-state index in [-0.39, 0.29) is 0 Å². The highest BCUT2D eigenvalue weighted by Crippen LogP contribution is 2.67. The lowest BCUT2D eigenvalue weighted by Crippen LogP contribution is -2.44. The Morgan fingerprint density at radius 2 is 1.00 bits per heavy atom. The van der Waals surface area contributed by atoms with Crippen molar-refractivity contribution in [2.24, 2.45) is 47.3 Å². The molecular weight excluding hydrogens is 168 g/mol. The maximum absolute atomic E-state index is 2.52. The van der Waals surface area contributed by atoms with Gasteiger partial charge in [0, 0.05) is 0 Å². The largest absolute Gasteiger partial charge is 0.0622 e. The third kappa shape index (κ3) is 0.907. The van der Waals surface area contributed by atoms with Gasteiger partial charge in [-0.3, -0.25) is 0 Å². The normalized spacial score (nSPS) is 66.0. The van der Waals surface area contributed by atoms with Crippen molar-refractivity contribution < 1.29 is 0 Å². The number of rotatable bonds is 0. The van der Waals surface area contributed by atoms with Gasteiger partial charge in [-0.2, -0.15) is 0 Å². The van der Waals surface area contributed by atoms with Crippen LogP contribution in [0.5, 0.6) is 0 Å². The molecule has 0 N–H and O–H groups in total. The smallest absolute Gasteiger partial charge is 0.0321 e. The van der Waals surface area contributed by atoms with Crippen molar-refractivity contribution in [2.45, 2.75) is 40.5 Å². The van der Waals surface area contributed by atoms with E-state index in [2.05, 4.69) is 27.7 Å². The number of hydrogen-bond donors (Lipinski definition) is 0. The topological polar surface area (TPSA) is 0 Å². The number of fused-ring (bicyclic) bond motifs is 4. The van der Waals surface area contributed by atoms with E-state index in [1.54, 1.807) is 12.8 Å². The summed E-state index contributed by atoms with van der Waals surface area (Å²) in [5.74, 6) is 8.58. The molecular formula is C14H24. The van der Waals surface area contributed by atoms with Crippen molar-refractivity contribution in [3.63, 3.8) is 0 Å². The molecule has 0 amide bonds. The van der Waals surface area contributed by atoms with Crippen molar-refractivity contribution in [2.75, 3.05) is 0 Å². The van der Waals surface area contributed by atoms with Crippen molar-refractivity contribution in [1.82, 2.24) is 0 Å². The average Bonchev–Trinajstić information content (AvgIpc) is 2.51. The predicted molar refractivity (Wildman–Crippen MR) is 59.9 cm³/mol. The van der Waals surface area contributed by atoms with Gasteiger partial charge in [-0.05, 0) is 60.2 Å². The summed E-state index contributed by atoms with van der Waals surface area (Å²) in [5.41, 5.74) is 0. The van der Waals surface area contributed by atoms with Crippen LogP contribution in [0.2, 0.25) is 0 Å². The van der Waals surface area contributed by atoms with Crippen molar-refractivity contribution in [3.05, 3.63) is 0 Å². The van der Waals surface area contributed by atoms with Gasteiger partial charge in [0.2, 0.25) is 0 Å². The molecule has 3 aliphatic rings. The van der Waals surface area contributed by atoms with Crippen LogP contribution in [0.4, 0.5) is 0 Å². The minimum Gasteiger partial charge on any atom is -0.0622 e. The van der Waals surface area contributed by atoms with Crippen LogP contribution in [0.1, 0.15) is 40.5 Å². The van der Waals surface area contributed by atoms with Gasteiger partial charge in [0.15, 0.2) is 0 Å². The summed E-state index contributed by atoms with van der Waals surface area (Å²) >= 11 is 0. The molecule has 14 heavy (non-hydrogen) atoms. The van der Waals surface area contributed by atoms with Gasteiger partial charge in [-0.1, -0.05) is 27.7 Å². The zero-order chi connectivity index (χ0) is 10.0. The minimum absolute atomic E-state index is 1.01. The monoisotopic (exact) mass is 192 g/mol. The molecule has 3 saturated carbocycles. The third-order valence-electron chi connectivity index (χ3n) is 6.28. The Kier molecular flexibility index (Phi) is 1.83. The Bertz CT molecular complexity index is 218. The Morgan fingerprint density at radius 1 is 0.643 bits per heavy atom. The molecule has 0 heteroatoms. The predicted octanol–water partition coefficient (Wildman–Crippen LogP) is 3.82. The van der Waals surface area contributed by atoms with Crippen molar-refractivity contribution >= 4 is 0 Å². The van der Waals surface area contributed by atoms with E-state index >= 15 is 0 Å². The first-order chi connectivity index (χ1) is 6.61. The average molecular weight is 192 g/mol. The molecule has 0 radical (unpaired) electrons. The van der Waals surface area contributed by atoms with Gasteiger partial charge in [-0.15, -0.1) is 0 Å². The Balaban J connectivity index is 1.84. The summed E-state index contributed by atoms with van der Waals surface area (Å²) < 4.78 is 0. The van der Waals surface area contributed by atoms with Gasteiger partial charge >= 0.3 is 0 Å². The summed E-state index contributed by atoms with van der Waals surface area (Å²) in [6.45, 7) is 9.99. The highest BCUT2D eigenvalue weighted by Gasteiger charge is 2.61. The van der Waals surface area contributed by atoms with E-state index in [0.29, 0.717) is 0 Å². The molecule has 8 atom stereocenters. The van der Waals surface area contributed by atoms with E-state index in [1.165, 1.54) is 0 Å². The molecule has 0 spiro atoms. The summed E-state index contributed by atoms with van der Waals surface area (Å²) in [5, 5.41) is 0. The standard InChI is InChI=1S/C14H24/c1-7-5-11-12-6-8(2)10(4)14(12)13(11)9(7)3/h7-14H,5-6H2,1-4H3/t7-,8+,9-,10+,11-,12?,13-,14+/m0/s1. The second kappa shape index (κ2) is 2.77. The van der Waals surface area contributed by atoms with Gasteiger partial charge in [0.05, 0.1) is 0 Å². The lowest BCUT2D eigenvalue weighted by molar-refractivity contribution is -0.0149. The van der Waals surface area contributed by atoms with E-state index in [0.717, 1.165) is 47.3 Å².